The first-order valence-corrected chi connectivity index (χ1v) is 8.35. The summed E-state index contributed by atoms with van der Waals surface area (Å²) in [6.07, 6.45) is 3.05. The first kappa shape index (κ1) is 15.8. The first-order valence-electron chi connectivity index (χ1n) is 7.53. The third-order valence-electron chi connectivity index (χ3n) is 3.20. The highest BCUT2D eigenvalue weighted by Crippen LogP contribution is 2.22. The van der Waals surface area contributed by atoms with Crippen LogP contribution in [0.4, 0.5) is 0 Å². The zero-order chi connectivity index (χ0) is 15.1. The van der Waals surface area contributed by atoms with Crippen LogP contribution in [0.15, 0.2) is 29.3 Å². The molecule has 1 aromatic heterocycles. The number of fused-ring (bicyclic) bond motifs is 1. The molecule has 0 aliphatic heterocycles. The highest BCUT2D eigenvalue weighted by molar-refractivity contribution is 7.18. The van der Waals surface area contributed by atoms with Crippen molar-refractivity contribution in [3.8, 4) is 0 Å². The molecule has 0 unspecified atom stereocenters. The predicted molar refractivity (Wildman–Crippen MR) is 91.9 cm³/mol. The number of aliphatic imine (C=N–C) groups is 1. The molecule has 0 aliphatic rings. The first-order chi connectivity index (χ1) is 10.1. The van der Waals surface area contributed by atoms with Crippen LogP contribution in [0, 0.1) is 5.92 Å². The maximum absolute atomic E-state index is 5.83. The number of aryl methyl sites for hydroxylation is 1. The Bertz CT molecular complexity index is 556. The molecule has 0 saturated heterocycles. The molecule has 2 aromatic rings. The topological polar surface area (TPSA) is 63.3 Å². The van der Waals surface area contributed by atoms with Crippen molar-refractivity contribution in [1.82, 2.24) is 10.3 Å². The minimum Gasteiger partial charge on any atom is -0.370 e. The van der Waals surface area contributed by atoms with E-state index in [1.807, 2.05) is 6.07 Å². The van der Waals surface area contributed by atoms with E-state index in [1.165, 1.54) is 9.71 Å². The summed E-state index contributed by atoms with van der Waals surface area (Å²) in [6, 6.07) is 8.26. The number of guanidine groups is 1. The maximum Gasteiger partial charge on any atom is 0.188 e. The fraction of sp³-hybridized carbons (Fsp3) is 0.500. The van der Waals surface area contributed by atoms with E-state index in [-0.39, 0.29) is 0 Å². The van der Waals surface area contributed by atoms with Gasteiger partial charge in [-0.05, 0) is 30.9 Å². The number of hydrogen-bond donors (Lipinski definition) is 2. The molecule has 0 aliphatic carbocycles. The number of thiazole rings is 1. The van der Waals surface area contributed by atoms with Crippen molar-refractivity contribution < 1.29 is 0 Å². The summed E-state index contributed by atoms with van der Waals surface area (Å²) in [5.41, 5.74) is 6.92. The van der Waals surface area contributed by atoms with Crippen molar-refractivity contribution >= 4 is 27.5 Å². The number of rotatable bonds is 7. The lowest BCUT2D eigenvalue weighted by molar-refractivity contribution is 0.576. The second-order valence-electron chi connectivity index (χ2n) is 5.56. The Kier molecular flexibility index (Phi) is 5.99. The SMILES string of the molecule is CC(C)CCNC(N)=NCCCc1nc2ccccc2s1. The molecule has 0 radical (unpaired) electrons. The molecular weight excluding hydrogens is 280 g/mol. The van der Waals surface area contributed by atoms with Gasteiger partial charge in [-0.15, -0.1) is 11.3 Å². The van der Waals surface area contributed by atoms with Gasteiger partial charge in [-0.3, -0.25) is 4.99 Å². The van der Waals surface area contributed by atoms with Crippen molar-refractivity contribution in [1.29, 1.82) is 0 Å². The van der Waals surface area contributed by atoms with Crippen LogP contribution < -0.4 is 11.1 Å². The van der Waals surface area contributed by atoms with Gasteiger partial charge in [0.15, 0.2) is 5.96 Å². The van der Waals surface area contributed by atoms with Crippen molar-refractivity contribution in [3.05, 3.63) is 29.3 Å². The molecule has 2 rings (SSSR count). The van der Waals surface area contributed by atoms with Crippen LogP contribution in [0.5, 0.6) is 0 Å². The lowest BCUT2D eigenvalue weighted by Gasteiger charge is -2.07. The molecule has 0 fully saturated rings. The molecule has 114 valence electrons. The Morgan fingerprint density at radius 1 is 1.38 bits per heavy atom. The quantitative estimate of drug-likeness (QED) is 0.469. The van der Waals surface area contributed by atoms with Crippen LogP contribution in [0.1, 0.15) is 31.7 Å². The second-order valence-corrected chi connectivity index (χ2v) is 6.67. The molecule has 1 aromatic carbocycles. The van der Waals surface area contributed by atoms with Gasteiger partial charge in [-0.25, -0.2) is 4.98 Å². The normalized spacial score (nSPS) is 12.2. The lowest BCUT2D eigenvalue weighted by atomic mass is 10.1. The highest BCUT2D eigenvalue weighted by atomic mass is 32.1. The van der Waals surface area contributed by atoms with Crippen LogP contribution >= 0.6 is 11.3 Å². The number of nitrogens with two attached hydrogens (primary N) is 1. The summed E-state index contributed by atoms with van der Waals surface area (Å²) < 4.78 is 1.26. The second kappa shape index (κ2) is 7.98. The largest absolute Gasteiger partial charge is 0.370 e. The van der Waals surface area contributed by atoms with Gasteiger partial charge in [0.2, 0.25) is 0 Å². The molecule has 0 atom stereocenters. The van der Waals surface area contributed by atoms with Gasteiger partial charge in [-0.1, -0.05) is 26.0 Å². The fourth-order valence-corrected chi connectivity index (χ4v) is 3.01. The van der Waals surface area contributed by atoms with E-state index in [9.17, 15) is 0 Å². The highest BCUT2D eigenvalue weighted by Gasteiger charge is 2.02. The maximum atomic E-state index is 5.83. The number of aromatic nitrogens is 1. The van der Waals surface area contributed by atoms with Crippen molar-refractivity contribution in [2.24, 2.45) is 16.6 Å². The summed E-state index contributed by atoms with van der Waals surface area (Å²) in [6.45, 7) is 6.04. The van der Waals surface area contributed by atoms with E-state index in [2.05, 4.69) is 47.3 Å². The monoisotopic (exact) mass is 304 g/mol. The fourth-order valence-electron chi connectivity index (χ4n) is 2.00. The molecule has 0 bridgehead atoms. The molecule has 3 N–H and O–H groups in total. The molecule has 4 nitrogen and oxygen atoms in total. The van der Waals surface area contributed by atoms with Gasteiger partial charge in [0, 0.05) is 19.5 Å². The van der Waals surface area contributed by atoms with Crippen LogP contribution in [0.2, 0.25) is 0 Å². The van der Waals surface area contributed by atoms with E-state index in [4.69, 9.17) is 5.73 Å². The summed E-state index contributed by atoms with van der Waals surface area (Å²) in [5, 5.41) is 4.33. The molecule has 21 heavy (non-hydrogen) atoms. The Morgan fingerprint density at radius 2 is 2.19 bits per heavy atom. The number of para-hydroxylation sites is 1. The van der Waals surface area contributed by atoms with E-state index < -0.39 is 0 Å². The smallest absolute Gasteiger partial charge is 0.188 e. The average Bonchev–Trinajstić information content (AvgIpc) is 2.86. The summed E-state index contributed by atoms with van der Waals surface area (Å²) in [7, 11) is 0. The van der Waals surface area contributed by atoms with Crippen LogP contribution in [-0.2, 0) is 6.42 Å². The molecule has 5 heteroatoms. The van der Waals surface area contributed by atoms with Crippen LogP contribution in [0.3, 0.4) is 0 Å². The predicted octanol–water partition coefficient (Wildman–Crippen LogP) is 3.18. The Hall–Kier alpha value is -1.62. The van der Waals surface area contributed by atoms with Gasteiger partial charge in [0.25, 0.3) is 0 Å². The Morgan fingerprint density at radius 3 is 2.95 bits per heavy atom. The van der Waals surface area contributed by atoms with Gasteiger partial charge in [-0.2, -0.15) is 0 Å². The summed E-state index contributed by atoms with van der Waals surface area (Å²) >= 11 is 1.77. The molecule has 0 spiro atoms. The van der Waals surface area contributed by atoms with E-state index in [1.54, 1.807) is 11.3 Å². The van der Waals surface area contributed by atoms with Crippen molar-refractivity contribution in [3.63, 3.8) is 0 Å². The van der Waals surface area contributed by atoms with Gasteiger partial charge >= 0.3 is 0 Å². The van der Waals surface area contributed by atoms with Crippen molar-refractivity contribution in [2.45, 2.75) is 33.1 Å². The van der Waals surface area contributed by atoms with E-state index in [0.717, 1.165) is 37.9 Å². The average molecular weight is 304 g/mol. The van der Waals surface area contributed by atoms with Crippen LogP contribution in [-0.4, -0.2) is 24.0 Å². The third-order valence-corrected chi connectivity index (χ3v) is 4.29. The molecule has 0 amide bonds. The molecule has 0 saturated carbocycles. The van der Waals surface area contributed by atoms with Gasteiger partial charge in [0.05, 0.1) is 15.2 Å². The van der Waals surface area contributed by atoms with Crippen molar-refractivity contribution in [2.75, 3.05) is 13.1 Å². The number of benzene rings is 1. The van der Waals surface area contributed by atoms with Crippen LogP contribution in [0.25, 0.3) is 10.2 Å². The van der Waals surface area contributed by atoms with Gasteiger partial charge in [0.1, 0.15) is 0 Å². The van der Waals surface area contributed by atoms with E-state index >= 15 is 0 Å². The number of nitrogens with one attached hydrogen (secondary N) is 1. The standard InChI is InChI=1S/C16H24N4S/c1-12(2)9-11-19-16(17)18-10-5-8-15-20-13-6-3-4-7-14(13)21-15/h3-4,6-7,12H,5,8-11H2,1-2H3,(H3,17,18,19). The number of nitrogens with zero attached hydrogens (tertiary/aromatic N) is 2. The summed E-state index contributed by atoms with van der Waals surface area (Å²) in [4.78, 5) is 8.97. The van der Waals surface area contributed by atoms with Gasteiger partial charge < -0.3 is 11.1 Å². The zero-order valence-corrected chi connectivity index (χ0v) is 13.6. The lowest BCUT2D eigenvalue weighted by Crippen LogP contribution is -2.33. The molecular formula is C16H24N4S. The number of hydrogen-bond acceptors (Lipinski definition) is 3. The Balaban J connectivity index is 1.71. The zero-order valence-electron chi connectivity index (χ0n) is 12.8. The summed E-state index contributed by atoms with van der Waals surface area (Å²) in [5.74, 6) is 1.24. The minimum atomic E-state index is 0.556. The van der Waals surface area contributed by atoms with E-state index in [0.29, 0.717) is 11.9 Å². The third kappa shape index (κ3) is 5.34. The minimum absolute atomic E-state index is 0.556. The molecule has 1 heterocycles. The Labute approximate surface area is 130 Å².